The fourth-order valence-corrected chi connectivity index (χ4v) is 3.45. The maximum atomic E-state index is 3.78. The van der Waals surface area contributed by atoms with Crippen molar-refractivity contribution in [1.29, 1.82) is 0 Å². The Morgan fingerprint density at radius 2 is 1.00 bits per heavy atom. The van der Waals surface area contributed by atoms with E-state index in [9.17, 15) is 0 Å². The maximum absolute atomic E-state index is 3.78. The second kappa shape index (κ2) is 6.60. The largest absolute Gasteiger partial charge is 0.289 e. The summed E-state index contributed by atoms with van der Waals surface area (Å²) in [6.45, 7) is 2.12. The van der Waals surface area contributed by atoms with E-state index in [2.05, 4.69) is 102 Å². The highest BCUT2D eigenvalue weighted by Crippen LogP contribution is 2.37. The van der Waals surface area contributed by atoms with Gasteiger partial charge in [-0.2, -0.15) is 0 Å². The summed E-state index contributed by atoms with van der Waals surface area (Å²) >= 11 is 0. The molecule has 0 aliphatic carbocycles. The highest BCUT2D eigenvalue weighted by Gasteiger charge is 2.35. The summed E-state index contributed by atoms with van der Waals surface area (Å²) in [6.07, 6.45) is 0.154. The van der Waals surface area contributed by atoms with E-state index in [1.54, 1.807) is 0 Å². The maximum Gasteiger partial charge on any atom is 0.0846 e. The zero-order chi connectivity index (χ0) is 16.4. The quantitative estimate of drug-likeness (QED) is 0.734. The van der Waals surface area contributed by atoms with Gasteiger partial charge in [-0.1, -0.05) is 90.5 Å². The van der Waals surface area contributed by atoms with Crippen molar-refractivity contribution < 1.29 is 0 Å². The average Bonchev–Trinajstić information content (AvgIpc) is 3.09. The Balaban J connectivity index is 1.68. The minimum atomic E-state index is 0.154. The molecule has 0 saturated carbocycles. The summed E-state index contributed by atoms with van der Waals surface area (Å²) in [6, 6.07) is 30.6. The van der Waals surface area contributed by atoms with Gasteiger partial charge in [-0.3, -0.25) is 10.6 Å². The molecule has 2 heteroatoms. The van der Waals surface area contributed by atoms with Crippen LogP contribution in [0.3, 0.4) is 0 Å². The van der Waals surface area contributed by atoms with Crippen molar-refractivity contribution in [1.82, 2.24) is 10.6 Å². The van der Waals surface area contributed by atoms with Gasteiger partial charge in [0.25, 0.3) is 0 Å². The van der Waals surface area contributed by atoms with Crippen LogP contribution in [0.1, 0.15) is 40.5 Å². The lowest BCUT2D eigenvalue weighted by atomic mass is 9.95. The number of aryl methyl sites for hydroxylation is 1. The van der Waals surface area contributed by atoms with Gasteiger partial charge in [-0.25, -0.2) is 0 Å². The molecule has 2 nitrogen and oxygen atoms in total. The van der Waals surface area contributed by atoms with E-state index < -0.39 is 0 Å². The predicted molar refractivity (Wildman–Crippen MR) is 98.6 cm³/mol. The summed E-state index contributed by atoms with van der Waals surface area (Å²) in [7, 11) is 0. The first-order chi connectivity index (χ1) is 11.8. The lowest BCUT2D eigenvalue weighted by molar-refractivity contribution is 0.554. The van der Waals surface area contributed by atoms with Gasteiger partial charge in [0.15, 0.2) is 0 Å². The molecule has 3 aromatic carbocycles. The molecule has 1 heterocycles. The number of rotatable bonds is 3. The third-order valence-corrected chi connectivity index (χ3v) is 4.75. The Labute approximate surface area is 143 Å². The standard InChI is InChI=1S/C22H22N2/c1-16-12-14-19(15-13-16)22-23-20(17-8-4-2-5-9-17)21(24-22)18-10-6-3-7-11-18/h2-15,20-24H,1H3. The van der Waals surface area contributed by atoms with Crippen LogP contribution in [0.25, 0.3) is 0 Å². The smallest absolute Gasteiger partial charge is 0.0846 e. The molecule has 0 radical (unpaired) electrons. The van der Waals surface area contributed by atoms with Crippen LogP contribution in [0.4, 0.5) is 0 Å². The highest BCUT2D eigenvalue weighted by molar-refractivity contribution is 5.32. The van der Waals surface area contributed by atoms with Crippen LogP contribution in [0.5, 0.6) is 0 Å². The molecule has 24 heavy (non-hydrogen) atoms. The van der Waals surface area contributed by atoms with Crippen LogP contribution in [-0.4, -0.2) is 0 Å². The van der Waals surface area contributed by atoms with Crippen molar-refractivity contribution >= 4 is 0 Å². The molecule has 120 valence electrons. The monoisotopic (exact) mass is 314 g/mol. The fraction of sp³-hybridized carbons (Fsp3) is 0.182. The van der Waals surface area contributed by atoms with Gasteiger partial charge in [0.05, 0.1) is 18.2 Å². The van der Waals surface area contributed by atoms with Crippen molar-refractivity contribution in [3.05, 3.63) is 107 Å². The lowest BCUT2D eigenvalue weighted by Crippen LogP contribution is -2.22. The summed E-state index contributed by atoms with van der Waals surface area (Å²) < 4.78 is 0. The SMILES string of the molecule is Cc1ccc(C2NC(c3ccccc3)C(c3ccccc3)N2)cc1. The van der Waals surface area contributed by atoms with Crippen LogP contribution in [0.2, 0.25) is 0 Å². The molecule has 0 amide bonds. The summed E-state index contributed by atoms with van der Waals surface area (Å²) in [4.78, 5) is 0. The molecule has 1 fully saturated rings. The third kappa shape index (κ3) is 2.99. The van der Waals surface area contributed by atoms with E-state index in [0.717, 1.165) is 0 Å². The van der Waals surface area contributed by atoms with Gasteiger partial charge in [0, 0.05) is 0 Å². The molecule has 1 aliphatic heterocycles. The van der Waals surface area contributed by atoms with E-state index in [1.165, 1.54) is 22.3 Å². The minimum Gasteiger partial charge on any atom is -0.289 e. The number of hydrogen-bond acceptors (Lipinski definition) is 2. The van der Waals surface area contributed by atoms with Gasteiger partial charge in [0.1, 0.15) is 0 Å². The van der Waals surface area contributed by atoms with Gasteiger partial charge in [-0.05, 0) is 23.6 Å². The second-order valence-corrected chi connectivity index (χ2v) is 6.45. The van der Waals surface area contributed by atoms with Crippen molar-refractivity contribution in [2.75, 3.05) is 0 Å². The normalized spacial score (nSPS) is 23.3. The van der Waals surface area contributed by atoms with Gasteiger partial charge >= 0.3 is 0 Å². The van der Waals surface area contributed by atoms with Crippen molar-refractivity contribution in [2.45, 2.75) is 25.2 Å². The van der Waals surface area contributed by atoms with Crippen molar-refractivity contribution in [3.8, 4) is 0 Å². The zero-order valence-corrected chi connectivity index (χ0v) is 13.8. The predicted octanol–water partition coefficient (Wildman–Crippen LogP) is 4.67. The number of hydrogen-bond donors (Lipinski definition) is 2. The molecule has 2 atom stereocenters. The van der Waals surface area contributed by atoms with Gasteiger partial charge < -0.3 is 0 Å². The van der Waals surface area contributed by atoms with Crippen LogP contribution in [0.15, 0.2) is 84.9 Å². The molecular formula is C22H22N2. The van der Waals surface area contributed by atoms with E-state index in [1.807, 2.05) is 0 Å². The molecule has 4 rings (SSSR count). The van der Waals surface area contributed by atoms with Crippen LogP contribution in [-0.2, 0) is 0 Å². The third-order valence-electron chi connectivity index (χ3n) is 4.75. The van der Waals surface area contributed by atoms with Crippen molar-refractivity contribution in [2.24, 2.45) is 0 Å². The molecular weight excluding hydrogens is 292 g/mol. The first-order valence-electron chi connectivity index (χ1n) is 8.50. The van der Waals surface area contributed by atoms with Gasteiger partial charge in [0.2, 0.25) is 0 Å². The van der Waals surface area contributed by atoms with Crippen LogP contribution in [0, 0.1) is 6.92 Å². The minimum absolute atomic E-state index is 0.154. The van der Waals surface area contributed by atoms with E-state index >= 15 is 0 Å². The highest BCUT2D eigenvalue weighted by atomic mass is 15.2. The Morgan fingerprint density at radius 1 is 0.542 bits per heavy atom. The Morgan fingerprint density at radius 3 is 1.46 bits per heavy atom. The molecule has 0 bridgehead atoms. The topological polar surface area (TPSA) is 24.1 Å². The Bertz CT molecular complexity index is 734. The van der Waals surface area contributed by atoms with Crippen molar-refractivity contribution in [3.63, 3.8) is 0 Å². The lowest BCUT2D eigenvalue weighted by Gasteiger charge is -2.19. The first kappa shape index (κ1) is 15.1. The van der Waals surface area contributed by atoms with E-state index in [4.69, 9.17) is 0 Å². The summed E-state index contributed by atoms with van der Waals surface area (Å²) in [5.41, 5.74) is 5.19. The molecule has 1 aliphatic rings. The van der Waals surface area contributed by atoms with E-state index in [-0.39, 0.29) is 18.2 Å². The summed E-state index contributed by atoms with van der Waals surface area (Å²) in [5.74, 6) is 0. The molecule has 2 N–H and O–H groups in total. The summed E-state index contributed by atoms with van der Waals surface area (Å²) in [5, 5.41) is 7.56. The first-order valence-corrected chi connectivity index (χ1v) is 8.50. The van der Waals surface area contributed by atoms with Gasteiger partial charge in [-0.15, -0.1) is 0 Å². The Kier molecular flexibility index (Phi) is 4.16. The Hall–Kier alpha value is -2.42. The molecule has 0 spiro atoms. The fourth-order valence-electron chi connectivity index (χ4n) is 3.45. The van der Waals surface area contributed by atoms with E-state index in [0.29, 0.717) is 0 Å². The second-order valence-electron chi connectivity index (χ2n) is 6.45. The van der Waals surface area contributed by atoms with Crippen LogP contribution >= 0.6 is 0 Å². The van der Waals surface area contributed by atoms with Crippen LogP contribution < -0.4 is 10.6 Å². The molecule has 3 aromatic rings. The zero-order valence-electron chi connectivity index (χ0n) is 13.8. The number of nitrogens with one attached hydrogen (secondary N) is 2. The average molecular weight is 314 g/mol. The molecule has 0 aromatic heterocycles. The molecule has 2 unspecified atom stereocenters. The molecule has 1 saturated heterocycles. The number of benzene rings is 3.